The zero-order chi connectivity index (χ0) is 32.4. The summed E-state index contributed by atoms with van der Waals surface area (Å²) in [5.74, 6) is -2.09. The van der Waals surface area contributed by atoms with Crippen LogP contribution in [0.1, 0.15) is 58.1 Å². The lowest BCUT2D eigenvalue weighted by Gasteiger charge is -2.34. The summed E-state index contributed by atoms with van der Waals surface area (Å²) in [6, 6.07) is 9.56. The first-order valence-electron chi connectivity index (χ1n) is 14.7. The largest absolute Gasteiger partial charge is 0.460 e. The van der Waals surface area contributed by atoms with Gasteiger partial charge in [0.15, 0.2) is 0 Å². The third-order valence-electron chi connectivity index (χ3n) is 7.21. The number of benzene rings is 1. The summed E-state index contributed by atoms with van der Waals surface area (Å²) in [5.41, 5.74) is 6.88. The maximum atomic E-state index is 13.1. The lowest BCUT2D eigenvalue weighted by Crippen LogP contribution is -2.61. The molecule has 3 unspecified atom stereocenters. The highest BCUT2D eigenvalue weighted by atomic mass is 35.6. The lowest BCUT2D eigenvalue weighted by atomic mass is 10.0. The number of alkyl halides is 3. The molecule has 2 heterocycles. The molecule has 44 heavy (non-hydrogen) atoms. The number of pyridine rings is 1. The van der Waals surface area contributed by atoms with Gasteiger partial charge in [0.05, 0.1) is 5.69 Å². The van der Waals surface area contributed by atoms with E-state index in [1.807, 2.05) is 38.1 Å². The monoisotopic (exact) mass is 667 g/mol. The molecular formula is C31H40Cl3N5O5. The number of esters is 1. The molecule has 3 N–H and O–H groups in total. The zero-order valence-corrected chi connectivity index (χ0v) is 27.6. The average molecular weight is 669 g/mol. The number of hydrogen-bond acceptors (Lipinski definition) is 7. The molecule has 0 spiro atoms. The fourth-order valence-electron chi connectivity index (χ4n) is 4.70. The van der Waals surface area contributed by atoms with Gasteiger partial charge in [-0.1, -0.05) is 79.8 Å². The van der Waals surface area contributed by atoms with Crippen molar-refractivity contribution in [2.24, 2.45) is 5.92 Å². The molecular weight excluding hydrogens is 629 g/mol. The van der Waals surface area contributed by atoms with Gasteiger partial charge in [0.2, 0.25) is 15.6 Å². The van der Waals surface area contributed by atoms with Crippen LogP contribution < -0.4 is 16.1 Å². The van der Waals surface area contributed by atoms with E-state index in [0.717, 1.165) is 23.2 Å². The van der Waals surface area contributed by atoms with Gasteiger partial charge in [0, 0.05) is 24.7 Å². The molecule has 1 saturated heterocycles. The Hall–Kier alpha value is -2.92. The van der Waals surface area contributed by atoms with E-state index in [4.69, 9.17) is 39.5 Å². The Bertz CT molecular complexity index is 1300. The summed E-state index contributed by atoms with van der Waals surface area (Å²) < 4.78 is 3.28. The molecule has 0 saturated carbocycles. The topological polar surface area (TPSA) is 130 Å². The highest BCUT2D eigenvalue weighted by molar-refractivity contribution is 6.67. The van der Waals surface area contributed by atoms with E-state index in [2.05, 4.69) is 40.1 Å². The molecule has 3 rings (SSSR count). The van der Waals surface area contributed by atoms with Crippen LogP contribution in [0.2, 0.25) is 0 Å². The third kappa shape index (κ3) is 10.9. The van der Waals surface area contributed by atoms with Crippen molar-refractivity contribution in [1.82, 2.24) is 26.1 Å². The van der Waals surface area contributed by atoms with Crippen LogP contribution in [0, 0.1) is 5.92 Å². The van der Waals surface area contributed by atoms with Crippen molar-refractivity contribution >= 4 is 58.5 Å². The zero-order valence-electron chi connectivity index (χ0n) is 25.4. The molecule has 0 radical (unpaired) electrons. The highest BCUT2D eigenvalue weighted by Gasteiger charge is 2.34. The highest BCUT2D eigenvalue weighted by Crippen LogP contribution is 2.26. The van der Waals surface area contributed by atoms with Crippen molar-refractivity contribution in [3.05, 3.63) is 53.7 Å². The Kier molecular flexibility index (Phi) is 13.3. The van der Waals surface area contributed by atoms with E-state index in [1.165, 1.54) is 10.6 Å². The average Bonchev–Trinajstić information content (AvgIpc) is 3.00. The van der Waals surface area contributed by atoms with Crippen LogP contribution in [0.4, 0.5) is 0 Å². The van der Waals surface area contributed by atoms with E-state index in [-0.39, 0.29) is 18.2 Å². The number of carbonyl (C=O) groups excluding carboxylic acids is 4. The number of halogens is 3. The minimum atomic E-state index is -1.74. The molecule has 1 aromatic heterocycles. The first kappa shape index (κ1) is 35.6. The maximum Gasteiger partial charge on any atom is 0.325 e. The normalized spacial score (nSPS) is 16.6. The molecule has 3 amide bonds. The van der Waals surface area contributed by atoms with Gasteiger partial charge in [-0.05, 0) is 61.8 Å². The molecule has 1 aliphatic heterocycles. The number of hydrogen-bond donors (Lipinski definition) is 3. The fourth-order valence-corrected chi connectivity index (χ4v) is 4.86. The van der Waals surface area contributed by atoms with E-state index in [0.29, 0.717) is 25.8 Å². The van der Waals surface area contributed by atoms with Gasteiger partial charge in [-0.2, -0.15) is 0 Å². The number of nitrogens with zero attached hydrogens (tertiary/aromatic N) is 2. The van der Waals surface area contributed by atoms with Crippen molar-refractivity contribution < 1.29 is 23.9 Å². The summed E-state index contributed by atoms with van der Waals surface area (Å²) in [7, 11) is 0. The van der Waals surface area contributed by atoms with Gasteiger partial charge in [-0.25, -0.2) is 5.43 Å². The number of carbonyl (C=O) groups is 4. The Morgan fingerprint density at radius 1 is 1.09 bits per heavy atom. The van der Waals surface area contributed by atoms with Gasteiger partial charge in [0.1, 0.15) is 24.7 Å². The predicted octanol–water partition coefficient (Wildman–Crippen LogP) is 4.30. The molecule has 240 valence electrons. The Balaban J connectivity index is 1.50. The fraction of sp³-hybridized carbons (Fsp3) is 0.516. The van der Waals surface area contributed by atoms with Gasteiger partial charge in [-0.15, -0.1) is 0 Å². The molecule has 0 bridgehead atoms. The number of aromatic nitrogens is 1. The lowest BCUT2D eigenvalue weighted by molar-refractivity contribution is -0.152. The minimum absolute atomic E-state index is 0.171. The van der Waals surface area contributed by atoms with Crippen molar-refractivity contribution in [1.29, 1.82) is 0 Å². The van der Waals surface area contributed by atoms with Gasteiger partial charge >= 0.3 is 5.97 Å². The summed E-state index contributed by atoms with van der Waals surface area (Å²) in [4.78, 5) is 55.9. The molecule has 0 aliphatic carbocycles. The SMILES string of the molecule is CCc1cccc(-c2ccc(CCC(=O)NC(C(=O)NC(C)C(=O)N3CCCC(C(=O)OCC(Cl)(Cl)Cl)N3)C(C)C)cn2)c1. The third-order valence-corrected chi connectivity index (χ3v) is 7.53. The van der Waals surface area contributed by atoms with Crippen molar-refractivity contribution in [3.63, 3.8) is 0 Å². The summed E-state index contributed by atoms with van der Waals surface area (Å²) in [6.45, 7) is 7.19. The van der Waals surface area contributed by atoms with Crippen LogP contribution in [0.25, 0.3) is 11.3 Å². The second kappa shape index (κ2) is 16.4. The Morgan fingerprint density at radius 3 is 2.48 bits per heavy atom. The number of amides is 3. The molecule has 10 nitrogen and oxygen atoms in total. The Labute approximate surface area is 273 Å². The van der Waals surface area contributed by atoms with Crippen LogP contribution in [-0.4, -0.2) is 68.8 Å². The number of ether oxygens (including phenoxy) is 1. The van der Waals surface area contributed by atoms with Crippen LogP contribution in [-0.2, 0) is 36.8 Å². The number of hydrazine groups is 1. The minimum Gasteiger partial charge on any atom is -0.460 e. The van der Waals surface area contributed by atoms with Crippen LogP contribution in [0.3, 0.4) is 0 Å². The molecule has 1 aromatic carbocycles. The van der Waals surface area contributed by atoms with Crippen LogP contribution in [0.5, 0.6) is 0 Å². The van der Waals surface area contributed by atoms with Gasteiger partial charge < -0.3 is 15.4 Å². The molecule has 1 fully saturated rings. The molecule has 13 heteroatoms. The van der Waals surface area contributed by atoms with Gasteiger partial charge in [-0.3, -0.25) is 29.2 Å². The predicted molar refractivity (Wildman–Crippen MR) is 171 cm³/mol. The standard InChI is InChI=1S/C31H40Cl3N5O5/c1-5-21-8-6-9-23(16-21)24-13-11-22(17-35-24)12-14-26(40)37-27(19(2)3)28(41)36-20(4)29(42)39-15-7-10-25(38-39)30(43)44-18-31(32,33)34/h6,8-9,11,13,16-17,19-20,25,27,38H,5,7,10,12,14-15,18H2,1-4H3,(H,36,41)(H,37,40). The summed E-state index contributed by atoms with van der Waals surface area (Å²) in [6.07, 6.45) is 4.30. The maximum absolute atomic E-state index is 13.1. The second-order valence-corrected chi connectivity index (χ2v) is 13.7. The second-order valence-electron chi connectivity index (χ2n) is 11.2. The molecule has 3 atom stereocenters. The number of aryl methyl sites for hydroxylation is 2. The van der Waals surface area contributed by atoms with Crippen molar-refractivity contribution in [2.45, 2.75) is 81.7 Å². The Morgan fingerprint density at radius 2 is 1.84 bits per heavy atom. The summed E-state index contributed by atoms with van der Waals surface area (Å²) in [5, 5.41) is 6.77. The van der Waals surface area contributed by atoms with Crippen LogP contribution in [0.15, 0.2) is 42.6 Å². The summed E-state index contributed by atoms with van der Waals surface area (Å²) >= 11 is 16.9. The van der Waals surface area contributed by atoms with Crippen LogP contribution >= 0.6 is 34.8 Å². The first-order chi connectivity index (χ1) is 20.8. The van der Waals surface area contributed by atoms with E-state index in [9.17, 15) is 19.2 Å². The van der Waals surface area contributed by atoms with E-state index in [1.54, 1.807) is 13.1 Å². The van der Waals surface area contributed by atoms with Crippen molar-refractivity contribution in [2.75, 3.05) is 13.2 Å². The van der Waals surface area contributed by atoms with E-state index >= 15 is 0 Å². The smallest absolute Gasteiger partial charge is 0.325 e. The number of nitrogens with one attached hydrogen (secondary N) is 3. The molecule has 2 aromatic rings. The molecule has 1 aliphatic rings. The van der Waals surface area contributed by atoms with E-state index < -0.39 is 46.3 Å². The first-order valence-corrected chi connectivity index (χ1v) is 15.9. The van der Waals surface area contributed by atoms with Gasteiger partial charge in [0.25, 0.3) is 5.91 Å². The quantitative estimate of drug-likeness (QED) is 0.227. The number of rotatable bonds is 12. The van der Waals surface area contributed by atoms with Crippen molar-refractivity contribution in [3.8, 4) is 11.3 Å².